The van der Waals surface area contributed by atoms with Gasteiger partial charge in [-0.2, -0.15) is 0 Å². The number of amides is 2. The molecule has 2 aromatic rings. The Morgan fingerprint density at radius 3 is 2.58 bits per heavy atom. The molecule has 26 heavy (non-hydrogen) atoms. The van der Waals surface area contributed by atoms with Crippen molar-refractivity contribution in [1.82, 2.24) is 16.2 Å². The molecule has 1 aromatic heterocycles. The molecular formula is C19H22FN3O3. The van der Waals surface area contributed by atoms with Gasteiger partial charge in [0.2, 0.25) is 0 Å². The van der Waals surface area contributed by atoms with Crippen LogP contribution in [0.2, 0.25) is 0 Å². The van der Waals surface area contributed by atoms with Crippen molar-refractivity contribution >= 4 is 11.8 Å². The molecule has 1 heterocycles. The van der Waals surface area contributed by atoms with Gasteiger partial charge in [0.25, 0.3) is 5.91 Å². The fraction of sp³-hybridized carbons (Fsp3) is 0.368. The number of rotatable bonds is 6. The Labute approximate surface area is 151 Å². The molecule has 1 aromatic carbocycles. The van der Waals surface area contributed by atoms with Crippen molar-refractivity contribution in [3.63, 3.8) is 0 Å². The second kappa shape index (κ2) is 8.62. The monoisotopic (exact) mass is 359 g/mol. The van der Waals surface area contributed by atoms with E-state index in [0.29, 0.717) is 5.56 Å². The number of benzene rings is 1. The molecule has 0 aliphatic heterocycles. The van der Waals surface area contributed by atoms with Crippen LogP contribution in [0.15, 0.2) is 47.1 Å². The van der Waals surface area contributed by atoms with Gasteiger partial charge in [-0.05, 0) is 37.0 Å². The summed E-state index contributed by atoms with van der Waals surface area (Å²) in [5, 5.41) is 3.15. The lowest BCUT2D eigenvalue weighted by Gasteiger charge is -2.25. The summed E-state index contributed by atoms with van der Waals surface area (Å²) in [6.07, 6.45) is 5.61. The molecule has 1 fully saturated rings. The number of furan rings is 1. The Hall–Kier alpha value is -2.67. The maximum atomic E-state index is 14.2. The lowest BCUT2D eigenvalue weighted by atomic mass is 9.91. The van der Waals surface area contributed by atoms with Crippen LogP contribution in [-0.4, -0.2) is 18.4 Å². The molecule has 2 amide bonds. The zero-order valence-corrected chi connectivity index (χ0v) is 14.3. The second-order valence-corrected chi connectivity index (χ2v) is 6.40. The van der Waals surface area contributed by atoms with Crippen LogP contribution in [0.1, 0.15) is 47.8 Å². The van der Waals surface area contributed by atoms with Gasteiger partial charge in [-0.1, -0.05) is 31.0 Å². The zero-order chi connectivity index (χ0) is 18.4. The summed E-state index contributed by atoms with van der Waals surface area (Å²) >= 11 is 0. The van der Waals surface area contributed by atoms with E-state index in [9.17, 15) is 14.0 Å². The van der Waals surface area contributed by atoms with Crippen molar-refractivity contribution in [3.8, 4) is 0 Å². The molecule has 0 bridgehead atoms. The van der Waals surface area contributed by atoms with E-state index in [2.05, 4.69) is 16.2 Å². The highest BCUT2D eigenvalue weighted by Crippen LogP contribution is 2.36. The number of hydrazine groups is 1. The summed E-state index contributed by atoms with van der Waals surface area (Å²) in [6.45, 7) is -0.0338. The Morgan fingerprint density at radius 1 is 1.12 bits per heavy atom. The summed E-state index contributed by atoms with van der Waals surface area (Å²) < 4.78 is 19.2. The van der Waals surface area contributed by atoms with Crippen molar-refractivity contribution in [2.45, 2.75) is 31.7 Å². The van der Waals surface area contributed by atoms with Crippen LogP contribution in [0.25, 0.3) is 0 Å². The quantitative estimate of drug-likeness (QED) is 0.693. The van der Waals surface area contributed by atoms with E-state index < -0.39 is 11.8 Å². The number of carbonyl (C=O) groups is 2. The lowest BCUT2D eigenvalue weighted by Crippen LogP contribution is -2.46. The van der Waals surface area contributed by atoms with Crippen molar-refractivity contribution in [3.05, 3.63) is 59.8 Å². The van der Waals surface area contributed by atoms with Crippen LogP contribution in [0, 0.1) is 11.7 Å². The van der Waals surface area contributed by atoms with E-state index in [1.807, 2.05) is 0 Å². The van der Waals surface area contributed by atoms with Crippen LogP contribution in [-0.2, 0) is 4.79 Å². The minimum absolute atomic E-state index is 0.0338. The van der Waals surface area contributed by atoms with Crippen LogP contribution in [0.4, 0.5) is 4.39 Å². The average Bonchev–Trinajstić information content (AvgIpc) is 3.35. The number of nitrogens with one attached hydrogen (secondary N) is 3. The molecule has 7 heteroatoms. The van der Waals surface area contributed by atoms with Crippen molar-refractivity contribution in [2.24, 2.45) is 5.92 Å². The van der Waals surface area contributed by atoms with Crippen LogP contribution >= 0.6 is 0 Å². The maximum Gasteiger partial charge on any atom is 0.305 e. The van der Waals surface area contributed by atoms with Gasteiger partial charge in [0.15, 0.2) is 5.76 Å². The standard InChI is InChI=1S/C19H22FN3O3/c20-15-9-4-3-8-14(15)18(13-6-1-2-7-13)21-12-17(24)22-23-19(25)16-10-5-11-26-16/h3-5,8-11,13,18,21H,1-2,6-7,12H2,(H,22,24)(H,23,25)/t18-/m0/s1. The first-order chi connectivity index (χ1) is 12.6. The number of hydrogen-bond donors (Lipinski definition) is 3. The van der Waals surface area contributed by atoms with E-state index in [-0.39, 0.29) is 30.1 Å². The molecule has 1 atom stereocenters. The highest BCUT2D eigenvalue weighted by molar-refractivity contribution is 5.93. The molecule has 1 aliphatic rings. The highest BCUT2D eigenvalue weighted by Gasteiger charge is 2.28. The minimum atomic E-state index is -0.537. The molecule has 3 rings (SSSR count). The van der Waals surface area contributed by atoms with Crippen LogP contribution < -0.4 is 16.2 Å². The third-order valence-corrected chi connectivity index (χ3v) is 4.65. The Kier molecular flexibility index (Phi) is 6.01. The van der Waals surface area contributed by atoms with E-state index in [4.69, 9.17) is 4.42 Å². The Balaban J connectivity index is 1.56. The average molecular weight is 359 g/mol. The molecule has 1 saturated carbocycles. The van der Waals surface area contributed by atoms with E-state index in [0.717, 1.165) is 25.7 Å². The Morgan fingerprint density at radius 2 is 1.88 bits per heavy atom. The summed E-state index contributed by atoms with van der Waals surface area (Å²) in [5.74, 6) is -0.830. The van der Waals surface area contributed by atoms with Gasteiger partial charge < -0.3 is 9.73 Å². The normalized spacial score (nSPS) is 15.6. The summed E-state index contributed by atoms with van der Waals surface area (Å²) in [4.78, 5) is 23.8. The summed E-state index contributed by atoms with van der Waals surface area (Å²) in [7, 11) is 0. The third-order valence-electron chi connectivity index (χ3n) is 4.65. The number of halogens is 1. The van der Waals surface area contributed by atoms with Crippen molar-refractivity contribution in [2.75, 3.05) is 6.54 Å². The van der Waals surface area contributed by atoms with Gasteiger partial charge in [-0.3, -0.25) is 20.4 Å². The van der Waals surface area contributed by atoms with E-state index in [1.54, 1.807) is 24.3 Å². The summed E-state index contributed by atoms with van der Waals surface area (Å²) in [5.41, 5.74) is 5.19. The molecule has 138 valence electrons. The molecule has 0 radical (unpaired) electrons. The fourth-order valence-electron chi connectivity index (χ4n) is 3.39. The molecular weight excluding hydrogens is 337 g/mol. The molecule has 1 aliphatic carbocycles. The first-order valence-corrected chi connectivity index (χ1v) is 8.75. The van der Waals surface area contributed by atoms with Gasteiger partial charge in [-0.25, -0.2) is 4.39 Å². The predicted octanol–water partition coefficient (Wildman–Crippen LogP) is 2.70. The zero-order valence-electron chi connectivity index (χ0n) is 14.3. The largest absolute Gasteiger partial charge is 0.459 e. The van der Waals surface area contributed by atoms with Gasteiger partial charge in [0.1, 0.15) is 5.82 Å². The van der Waals surface area contributed by atoms with E-state index in [1.165, 1.54) is 18.4 Å². The summed E-state index contributed by atoms with van der Waals surface area (Å²) in [6, 6.07) is 9.48. The van der Waals surface area contributed by atoms with Gasteiger partial charge in [-0.15, -0.1) is 0 Å². The minimum Gasteiger partial charge on any atom is -0.459 e. The number of hydrogen-bond acceptors (Lipinski definition) is 4. The molecule has 0 saturated heterocycles. The van der Waals surface area contributed by atoms with Crippen LogP contribution in [0.5, 0.6) is 0 Å². The molecule has 0 unspecified atom stereocenters. The van der Waals surface area contributed by atoms with E-state index >= 15 is 0 Å². The molecule has 3 N–H and O–H groups in total. The van der Waals surface area contributed by atoms with Gasteiger partial charge in [0, 0.05) is 11.6 Å². The second-order valence-electron chi connectivity index (χ2n) is 6.40. The Bertz CT molecular complexity index is 742. The topological polar surface area (TPSA) is 83.4 Å². The maximum absolute atomic E-state index is 14.2. The lowest BCUT2D eigenvalue weighted by molar-refractivity contribution is -0.121. The van der Waals surface area contributed by atoms with Crippen molar-refractivity contribution < 1.29 is 18.4 Å². The van der Waals surface area contributed by atoms with Gasteiger partial charge >= 0.3 is 5.91 Å². The van der Waals surface area contributed by atoms with Gasteiger partial charge in [0.05, 0.1) is 12.8 Å². The predicted molar refractivity (Wildman–Crippen MR) is 93.4 cm³/mol. The third kappa shape index (κ3) is 4.49. The fourth-order valence-corrected chi connectivity index (χ4v) is 3.39. The highest BCUT2D eigenvalue weighted by atomic mass is 19.1. The smallest absolute Gasteiger partial charge is 0.305 e. The van der Waals surface area contributed by atoms with Crippen LogP contribution in [0.3, 0.4) is 0 Å². The molecule has 6 nitrogen and oxygen atoms in total. The first-order valence-electron chi connectivity index (χ1n) is 8.75. The van der Waals surface area contributed by atoms with Crippen molar-refractivity contribution in [1.29, 1.82) is 0 Å². The number of carbonyl (C=O) groups excluding carboxylic acids is 2. The SMILES string of the molecule is O=C(CN[C@H](c1ccccc1F)C1CCCC1)NNC(=O)c1ccco1. The molecule has 0 spiro atoms. The first kappa shape index (κ1) is 18.1.